The van der Waals surface area contributed by atoms with Crippen molar-refractivity contribution in [3.05, 3.63) is 50.9 Å². The van der Waals surface area contributed by atoms with E-state index in [-0.39, 0.29) is 17.8 Å². The number of nitriles is 1. The summed E-state index contributed by atoms with van der Waals surface area (Å²) in [4.78, 5) is 15.3. The Balaban J connectivity index is 2.27. The van der Waals surface area contributed by atoms with Crippen LogP contribution in [0.4, 0.5) is 0 Å². The lowest BCUT2D eigenvalue weighted by molar-refractivity contribution is -0.118. The number of rotatable bonds is 6. The van der Waals surface area contributed by atoms with E-state index in [0.29, 0.717) is 54.3 Å². The highest BCUT2D eigenvalue weighted by Crippen LogP contribution is 2.50. The molecule has 1 aliphatic heterocycles. The number of carbonyl (C=O) groups is 1. The summed E-state index contributed by atoms with van der Waals surface area (Å²) >= 11 is 3.50. The minimum Gasteiger partial charge on any atom is -0.481 e. The molecule has 6 nitrogen and oxygen atoms in total. The van der Waals surface area contributed by atoms with Gasteiger partial charge in [-0.2, -0.15) is 5.26 Å². The molecule has 0 fully saturated rings. The second-order valence-corrected chi connectivity index (χ2v) is 9.38. The first kappa shape index (κ1) is 22.9. The summed E-state index contributed by atoms with van der Waals surface area (Å²) in [5.74, 6) is 2.74. The van der Waals surface area contributed by atoms with Crippen LogP contribution in [0.15, 0.2) is 45.3 Å². The van der Waals surface area contributed by atoms with Crippen molar-refractivity contribution in [3.63, 3.8) is 0 Å². The molecule has 0 bridgehead atoms. The van der Waals surface area contributed by atoms with Crippen LogP contribution in [0.25, 0.3) is 0 Å². The van der Waals surface area contributed by atoms with E-state index in [2.05, 4.69) is 41.8 Å². The molecule has 2 N–H and O–H groups in total. The van der Waals surface area contributed by atoms with Crippen LogP contribution < -0.4 is 10.5 Å². The molecule has 0 amide bonds. The first-order chi connectivity index (χ1) is 14.7. The van der Waals surface area contributed by atoms with Gasteiger partial charge in [-0.05, 0) is 30.0 Å². The van der Waals surface area contributed by atoms with Gasteiger partial charge in [-0.1, -0.05) is 35.7 Å². The van der Waals surface area contributed by atoms with Crippen LogP contribution in [0.1, 0.15) is 38.2 Å². The van der Waals surface area contributed by atoms with E-state index >= 15 is 0 Å². The van der Waals surface area contributed by atoms with E-state index in [1.54, 1.807) is 13.2 Å². The third kappa shape index (κ3) is 4.49. The summed E-state index contributed by atoms with van der Waals surface area (Å²) in [6.07, 6.45) is 6.45. The van der Waals surface area contributed by atoms with Gasteiger partial charge in [0.05, 0.1) is 24.2 Å². The molecule has 31 heavy (non-hydrogen) atoms. The fourth-order valence-corrected chi connectivity index (χ4v) is 4.70. The molecule has 0 spiro atoms. The zero-order valence-electron chi connectivity index (χ0n) is 18.0. The Morgan fingerprint density at radius 1 is 1.39 bits per heavy atom. The number of ketones is 1. The molecular formula is C24H26BrN3O3. The van der Waals surface area contributed by atoms with Crippen LogP contribution in [0, 0.1) is 29.1 Å². The topological polar surface area (TPSA) is 88.6 Å². The van der Waals surface area contributed by atoms with Gasteiger partial charge in [0.2, 0.25) is 0 Å². The Morgan fingerprint density at radius 2 is 2.13 bits per heavy atom. The van der Waals surface area contributed by atoms with Gasteiger partial charge in [-0.3, -0.25) is 4.79 Å². The van der Waals surface area contributed by atoms with Gasteiger partial charge < -0.3 is 20.1 Å². The van der Waals surface area contributed by atoms with Gasteiger partial charge in [-0.25, -0.2) is 0 Å². The molecule has 1 atom stereocenters. The summed E-state index contributed by atoms with van der Waals surface area (Å²) in [7, 11) is 1.61. The normalized spacial score (nSPS) is 20.3. The van der Waals surface area contributed by atoms with Crippen LogP contribution in [0.3, 0.4) is 0 Å². The molecule has 0 aromatic heterocycles. The molecule has 0 saturated carbocycles. The number of Topliss-reactive ketones (excluding diaryl/α,β-unsaturated/α-hetero) is 1. The van der Waals surface area contributed by atoms with Crippen molar-refractivity contribution in [2.24, 2.45) is 11.1 Å². The van der Waals surface area contributed by atoms with Gasteiger partial charge in [-0.15, -0.1) is 6.42 Å². The van der Waals surface area contributed by atoms with Gasteiger partial charge in [0.25, 0.3) is 0 Å². The number of halogens is 1. The number of methoxy groups -OCH3 is 1. The number of nitrogens with zero attached hydrogens (tertiary/aromatic N) is 2. The summed E-state index contributed by atoms with van der Waals surface area (Å²) in [6.45, 7) is 5.09. The van der Waals surface area contributed by atoms with Crippen molar-refractivity contribution in [2.75, 3.05) is 26.9 Å². The average molecular weight is 484 g/mol. The lowest BCUT2D eigenvalue weighted by Gasteiger charge is -2.44. The molecule has 3 rings (SSSR count). The number of terminal acetylenes is 1. The molecule has 162 valence electrons. The quantitative estimate of drug-likeness (QED) is 0.618. The van der Waals surface area contributed by atoms with Crippen LogP contribution in [-0.2, 0) is 9.53 Å². The molecule has 1 aromatic rings. The SMILES string of the molecule is C#CCOc1ccc(Br)cc1[C@@H]1C(C#N)=C(N)N(CCOC)C2=C1C(=O)CC(C)(C)C2. The monoisotopic (exact) mass is 483 g/mol. The number of hydrogen-bond acceptors (Lipinski definition) is 6. The maximum atomic E-state index is 13.5. The molecule has 0 unspecified atom stereocenters. The summed E-state index contributed by atoms with van der Waals surface area (Å²) in [5, 5.41) is 10.1. The van der Waals surface area contributed by atoms with Crippen LogP contribution in [0.5, 0.6) is 5.75 Å². The number of ether oxygens (including phenoxy) is 2. The third-order valence-corrected chi connectivity index (χ3v) is 6.09. The average Bonchev–Trinajstić information content (AvgIpc) is 2.70. The van der Waals surface area contributed by atoms with Crippen molar-refractivity contribution in [1.29, 1.82) is 5.26 Å². The van der Waals surface area contributed by atoms with Gasteiger partial charge in [0.15, 0.2) is 5.78 Å². The Labute approximate surface area is 191 Å². The van der Waals surface area contributed by atoms with E-state index in [9.17, 15) is 10.1 Å². The zero-order chi connectivity index (χ0) is 22.8. The van der Waals surface area contributed by atoms with E-state index < -0.39 is 5.92 Å². The Hall–Kier alpha value is -2.74. The minimum atomic E-state index is -0.618. The maximum absolute atomic E-state index is 13.5. The first-order valence-electron chi connectivity index (χ1n) is 10.0. The van der Waals surface area contributed by atoms with Crippen LogP contribution in [-0.4, -0.2) is 37.6 Å². The first-order valence-corrected chi connectivity index (χ1v) is 10.8. The Morgan fingerprint density at radius 3 is 2.77 bits per heavy atom. The fraction of sp³-hybridized carbons (Fsp3) is 0.417. The van der Waals surface area contributed by atoms with Crippen molar-refractivity contribution in [2.45, 2.75) is 32.6 Å². The second-order valence-electron chi connectivity index (χ2n) is 8.46. The molecule has 1 aliphatic carbocycles. The highest BCUT2D eigenvalue weighted by atomic mass is 79.9. The molecule has 0 saturated heterocycles. The van der Waals surface area contributed by atoms with E-state index in [1.165, 1.54) is 0 Å². The van der Waals surface area contributed by atoms with E-state index in [4.69, 9.17) is 21.6 Å². The second kappa shape index (κ2) is 9.18. The molecule has 0 radical (unpaired) electrons. The molecule has 1 aromatic carbocycles. The van der Waals surface area contributed by atoms with Crippen molar-refractivity contribution in [3.8, 4) is 24.2 Å². The van der Waals surface area contributed by atoms with E-state index in [0.717, 1.165) is 10.2 Å². The molecule has 7 heteroatoms. The zero-order valence-corrected chi connectivity index (χ0v) is 19.6. The van der Waals surface area contributed by atoms with E-state index in [1.807, 2.05) is 17.0 Å². The number of nitrogens with two attached hydrogens (primary N) is 1. The third-order valence-electron chi connectivity index (χ3n) is 5.60. The molecule has 1 heterocycles. The fourth-order valence-electron chi connectivity index (χ4n) is 4.32. The number of benzene rings is 1. The number of hydrogen-bond donors (Lipinski definition) is 1. The van der Waals surface area contributed by atoms with Crippen LogP contribution in [0.2, 0.25) is 0 Å². The van der Waals surface area contributed by atoms with Crippen molar-refractivity contribution < 1.29 is 14.3 Å². The lowest BCUT2D eigenvalue weighted by Crippen LogP contribution is -2.43. The summed E-state index contributed by atoms with van der Waals surface area (Å²) in [6, 6.07) is 7.75. The largest absolute Gasteiger partial charge is 0.481 e. The predicted molar refractivity (Wildman–Crippen MR) is 122 cm³/mol. The standard InChI is InChI=1S/C24H26BrN3O3/c1-5-9-31-20-7-6-15(25)11-16(20)21-17(14-26)23(27)28(8-10-30-4)18-12-24(2,3)13-19(29)22(18)21/h1,6-7,11,21H,8-10,12-13,27H2,2-4H3/t21-/m1/s1. The number of carbonyl (C=O) groups excluding carboxylic acids is 1. The Bertz CT molecular complexity index is 1040. The number of allylic oxidation sites excluding steroid dienone is 3. The highest BCUT2D eigenvalue weighted by molar-refractivity contribution is 9.10. The van der Waals surface area contributed by atoms with Gasteiger partial charge >= 0.3 is 0 Å². The van der Waals surface area contributed by atoms with Crippen molar-refractivity contribution >= 4 is 21.7 Å². The van der Waals surface area contributed by atoms with Gasteiger partial charge in [0, 0.05) is 41.4 Å². The molecule has 2 aliphatic rings. The smallest absolute Gasteiger partial charge is 0.162 e. The van der Waals surface area contributed by atoms with Crippen molar-refractivity contribution in [1.82, 2.24) is 4.90 Å². The summed E-state index contributed by atoms with van der Waals surface area (Å²) in [5.41, 5.74) is 8.78. The summed E-state index contributed by atoms with van der Waals surface area (Å²) < 4.78 is 11.8. The maximum Gasteiger partial charge on any atom is 0.162 e. The van der Waals surface area contributed by atoms with Gasteiger partial charge in [0.1, 0.15) is 18.2 Å². The molecular weight excluding hydrogens is 458 g/mol. The lowest BCUT2D eigenvalue weighted by atomic mass is 9.68. The predicted octanol–water partition coefficient (Wildman–Crippen LogP) is 3.84. The Kier molecular flexibility index (Phi) is 6.79. The minimum absolute atomic E-state index is 0.0155. The van der Waals surface area contributed by atoms with Crippen LogP contribution >= 0.6 is 15.9 Å². The highest BCUT2D eigenvalue weighted by Gasteiger charge is 2.44.